The van der Waals surface area contributed by atoms with Gasteiger partial charge in [0.25, 0.3) is 5.56 Å². The molecule has 0 bridgehead atoms. The topological polar surface area (TPSA) is 82.5 Å². The van der Waals surface area contributed by atoms with Crippen molar-refractivity contribution < 1.29 is 14.3 Å². The van der Waals surface area contributed by atoms with Crippen LogP contribution in [0, 0.1) is 13.8 Å². The Labute approximate surface area is 199 Å². The number of aromatic nitrogens is 2. The summed E-state index contributed by atoms with van der Waals surface area (Å²) in [6.45, 7) is 3.98. The molecule has 2 aromatic carbocycles. The summed E-state index contributed by atoms with van der Waals surface area (Å²) in [5, 5.41) is 5.17. The maximum absolute atomic E-state index is 13.4. The van der Waals surface area contributed by atoms with E-state index >= 15 is 0 Å². The highest BCUT2D eigenvalue weighted by atomic mass is 32.2. The Balaban J connectivity index is 1.66. The lowest BCUT2D eigenvalue weighted by molar-refractivity contribution is -0.113. The number of thiophene rings is 1. The zero-order valence-corrected chi connectivity index (χ0v) is 20.3. The number of aryl methyl sites for hydroxylation is 1. The number of carbonyl (C=O) groups excluding carboxylic acids is 1. The molecule has 33 heavy (non-hydrogen) atoms. The molecule has 0 fully saturated rings. The van der Waals surface area contributed by atoms with Crippen LogP contribution < -0.4 is 20.3 Å². The molecule has 0 saturated carbocycles. The highest BCUT2D eigenvalue weighted by molar-refractivity contribution is 7.99. The number of fused-ring (bicyclic) bond motifs is 1. The van der Waals surface area contributed by atoms with Crippen LogP contribution >= 0.6 is 23.1 Å². The third kappa shape index (κ3) is 4.60. The summed E-state index contributed by atoms with van der Waals surface area (Å²) >= 11 is 2.58. The van der Waals surface area contributed by atoms with Gasteiger partial charge < -0.3 is 14.8 Å². The first kappa shape index (κ1) is 22.9. The van der Waals surface area contributed by atoms with Crippen LogP contribution in [0.25, 0.3) is 15.9 Å². The van der Waals surface area contributed by atoms with Gasteiger partial charge in [-0.2, -0.15) is 0 Å². The number of nitrogens with zero attached hydrogens (tertiary/aromatic N) is 2. The van der Waals surface area contributed by atoms with E-state index in [0.717, 1.165) is 16.8 Å². The van der Waals surface area contributed by atoms with Gasteiger partial charge in [-0.05, 0) is 54.6 Å². The molecule has 9 heteroatoms. The molecular weight excluding hydrogens is 458 g/mol. The molecule has 0 spiro atoms. The molecule has 0 aliphatic carbocycles. The molecule has 170 valence electrons. The van der Waals surface area contributed by atoms with Crippen molar-refractivity contribution in [1.29, 1.82) is 0 Å². The third-order valence-corrected chi connectivity index (χ3v) is 7.11. The van der Waals surface area contributed by atoms with Crippen LogP contribution in [0.3, 0.4) is 0 Å². The second kappa shape index (κ2) is 9.68. The number of amides is 1. The van der Waals surface area contributed by atoms with Gasteiger partial charge in [0, 0.05) is 6.07 Å². The molecule has 0 atom stereocenters. The number of ether oxygens (including phenoxy) is 2. The van der Waals surface area contributed by atoms with Crippen LogP contribution in [-0.2, 0) is 4.79 Å². The van der Waals surface area contributed by atoms with Gasteiger partial charge >= 0.3 is 0 Å². The standard InChI is InChI=1S/C24H23N3O4S2/c1-14-6-5-7-19(15(14)2)27-23(29)22-17(10-11-32-22)26-24(27)33-13-21(28)25-18-12-16(30-3)8-9-20(18)31-4/h5-12H,13H2,1-4H3,(H,25,28). The van der Waals surface area contributed by atoms with Crippen molar-refractivity contribution in [3.05, 3.63) is 69.3 Å². The monoisotopic (exact) mass is 481 g/mol. The zero-order valence-electron chi connectivity index (χ0n) is 18.7. The number of benzene rings is 2. The van der Waals surface area contributed by atoms with Crippen molar-refractivity contribution in [2.24, 2.45) is 0 Å². The Hall–Kier alpha value is -3.30. The minimum absolute atomic E-state index is 0.0628. The molecule has 2 aromatic heterocycles. The molecule has 7 nitrogen and oxygen atoms in total. The highest BCUT2D eigenvalue weighted by Gasteiger charge is 2.18. The summed E-state index contributed by atoms with van der Waals surface area (Å²) in [5.74, 6) is 0.943. The van der Waals surface area contributed by atoms with Crippen molar-refractivity contribution in [2.45, 2.75) is 19.0 Å². The summed E-state index contributed by atoms with van der Waals surface area (Å²) in [6.07, 6.45) is 0. The van der Waals surface area contributed by atoms with Crippen LogP contribution in [0.1, 0.15) is 11.1 Å². The molecular formula is C24H23N3O4S2. The smallest absolute Gasteiger partial charge is 0.276 e. The number of methoxy groups -OCH3 is 2. The fourth-order valence-corrected chi connectivity index (χ4v) is 4.97. The summed E-state index contributed by atoms with van der Waals surface area (Å²) in [6, 6.07) is 12.8. The van der Waals surface area contributed by atoms with Crippen LogP contribution in [0.5, 0.6) is 11.5 Å². The lowest BCUT2D eigenvalue weighted by Crippen LogP contribution is -2.23. The Morgan fingerprint density at radius 1 is 1.15 bits per heavy atom. The molecule has 0 radical (unpaired) electrons. The van der Waals surface area contributed by atoms with Crippen LogP contribution in [0.4, 0.5) is 5.69 Å². The van der Waals surface area contributed by atoms with E-state index < -0.39 is 0 Å². The van der Waals surface area contributed by atoms with Gasteiger partial charge in [-0.1, -0.05) is 23.9 Å². The van der Waals surface area contributed by atoms with Gasteiger partial charge in [0.15, 0.2) is 5.16 Å². The predicted octanol–water partition coefficient (Wildman–Crippen LogP) is 4.81. The predicted molar refractivity (Wildman–Crippen MR) is 134 cm³/mol. The molecule has 0 aliphatic rings. The SMILES string of the molecule is COc1ccc(OC)c(NC(=O)CSc2nc3ccsc3c(=O)n2-c2cccc(C)c2C)c1. The number of nitrogens with one attached hydrogen (secondary N) is 1. The average molecular weight is 482 g/mol. The number of carbonyl (C=O) groups is 1. The number of rotatable bonds is 7. The van der Waals surface area contributed by atoms with Crippen LogP contribution in [0.15, 0.2) is 57.8 Å². The van der Waals surface area contributed by atoms with Gasteiger partial charge in [0.2, 0.25) is 5.91 Å². The fourth-order valence-electron chi connectivity index (χ4n) is 3.41. The molecule has 0 aliphatic heterocycles. The highest BCUT2D eigenvalue weighted by Crippen LogP contribution is 2.30. The van der Waals surface area contributed by atoms with E-state index in [9.17, 15) is 9.59 Å². The van der Waals surface area contributed by atoms with E-state index in [1.807, 2.05) is 43.5 Å². The van der Waals surface area contributed by atoms with Crippen molar-refractivity contribution in [3.8, 4) is 17.2 Å². The lowest BCUT2D eigenvalue weighted by Gasteiger charge is -2.16. The Bertz CT molecular complexity index is 1390. The molecule has 4 rings (SSSR count). The second-order valence-electron chi connectivity index (χ2n) is 7.29. The summed E-state index contributed by atoms with van der Waals surface area (Å²) in [4.78, 5) is 30.8. The van der Waals surface area contributed by atoms with E-state index in [2.05, 4.69) is 5.32 Å². The molecule has 1 N–H and O–H groups in total. The van der Waals surface area contributed by atoms with E-state index in [1.165, 1.54) is 30.2 Å². The van der Waals surface area contributed by atoms with Gasteiger partial charge in [0.05, 0.1) is 36.9 Å². The maximum atomic E-state index is 13.4. The molecule has 4 aromatic rings. The first-order chi connectivity index (χ1) is 15.9. The number of thioether (sulfide) groups is 1. The number of hydrogen-bond acceptors (Lipinski definition) is 7. The molecule has 2 heterocycles. The lowest BCUT2D eigenvalue weighted by atomic mass is 10.1. The number of anilines is 1. The van der Waals surface area contributed by atoms with E-state index in [4.69, 9.17) is 14.5 Å². The van der Waals surface area contributed by atoms with E-state index in [1.54, 1.807) is 29.9 Å². The van der Waals surface area contributed by atoms with Gasteiger partial charge in [-0.25, -0.2) is 4.98 Å². The fraction of sp³-hybridized carbons (Fsp3) is 0.208. The molecule has 0 saturated heterocycles. The van der Waals surface area contributed by atoms with Crippen molar-refractivity contribution >= 4 is 44.9 Å². The van der Waals surface area contributed by atoms with E-state index in [0.29, 0.717) is 32.6 Å². The van der Waals surface area contributed by atoms with Crippen LogP contribution in [0.2, 0.25) is 0 Å². The first-order valence-corrected chi connectivity index (χ1v) is 12.0. The third-order valence-electron chi connectivity index (χ3n) is 5.28. The largest absolute Gasteiger partial charge is 0.497 e. The summed E-state index contributed by atoms with van der Waals surface area (Å²) in [5.41, 5.74) is 3.83. The summed E-state index contributed by atoms with van der Waals surface area (Å²) < 4.78 is 12.8. The molecule has 0 unspecified atom stereocenters. The second-order valence-corrected chi connectivity index (χ2v) is 9.15. The Kier molecular flexibility index (Phi) is 6.71. The Morgan fingerprint density at radius 2 is 1.97 bits per heavy atom. The quantitative estimate of drug-likeness (QED) is 0.301. The van der Waals surface area contributed by atoms with Crippen molar-refractivity contribution in [2.75, 3.05) is 25.3 Å². The van der Waals surface area contributed by atoms with E-state index in [-0.39, 0.29) is 17.2 Å². The zero-order chi connectivity index (χ0) is 23.5. The Morgan fingerprint density at radius 3 is 2.73 bits per heavy atom. The van der Waals surface area contributed by atoms with Crippen LogP contribution in [-0.4, -0.2) is 35.4 Å². The summed E-state index contributed by atoms with van der Waals surface area (Å²) in [7, 11) is 3.09. The normalized spacial score (nSPS) is 10.9. The first-order valence-electron chi connectivity index (χ1n) is 10.1. The van der Waals surface area contributed by atoms with Gasteiger partial charge in [-0.3, -0.25) is 14.2 Å². The van der Waals surface area contributed by atoms with Crippen molar-refractivity contribution in [1.82, 2.24) is 9.55 Å². The molecule has 1 amide bonds. The van der Waals surface area contributed by atoms with Crippen molar-refractivity contribution in [3.63, 3.8) is 0 Å². The minimum atomic E-state index is -0.251. The maximum Gasteiger partial charge on any atom is 0.276 e. The average Bonchev–Trinajstić information content (AvgIpc) is 3.29. The number of hydrogen-bond donors (Lipinski definition) is 1. The van der Waals surface area contributed by atoms with Gasteiger partial charge in [-0.15, -0.1) is 11.3 Å². The minimum Gasteiger partial charge on any atom is -0.497 e. The van der Waals surface area contributed by atoms with Gasteiger partial charge in [0.1, 0.15) is 16.2 Å².